The van der Waals surface area contributed by atoms with E-state index in [4.69, 9.17) is 11.6 Å². The number of benzene rings is 2. The highest BCUT2D eigenvalue weighted by atomic mass is 35.5. The molecule has 0 unspecified atom stereocenters. The molecule has 4 nitrogen and oxygen atoms in total. The Kier molecular flexibility index (Phi) is 6.32. The van der Waals surface area contributed by atoms with Crippen LogP contribution in [0.5, 0.6) is 0 Å². The van der Waals surface area contributed by atoms with Crippen molar-refractivity contribution in [3.63, 3.8) is 0 Å². The molecule has 2 aromatic carbocycles. The monoisotopic (exact) mass is 348 g/mol. The summed E-state index contributed by atoms with van der Waals surface area (Å²) in [6, 6.07) is 12.7. The van der Waals surface area contributed by atoms with Gasteiger partial charge in [0.25, 0.3) is 0 Å². The lowest BCUT2D eigenvalue weighted by Gasteiger charge is -2.21. The van der Waals surface area contributed by atoms with Gasteiger partial charge in [-0.2, -0.15) is 0 Å². The van der Waals surface area contributed by atoms with Gasteiger partial charge >= 0.3 is 0 Å². The molecule has 0 spiro atoms. The Morgan fingerprint density at radius 1 is 1.08 bits per heavy atom. The first-order chi connectivity index (χ1) is 11.5. The second-order valence-corrected chi connectivity index (χ2v) is 5.74. The van der Waals surface area contributed by atoms with Crippen LogP contribution in [0.1, 0.15) is 12.5 Å². The van der Waals surface area contributed by atoms with E-state index in [-0.39, 0.29) is 24.1 Å². The molecule has 2 aromatic rings. The Morgan fingerprint density at radius 2 is 1.71 bits per heavy atom. The normalized spacial score (nSPS) is 10.3. The lowest BCUT2D eigenvalue weighted by Crippen LogP contribution is -2.38. The molecule has 0 radical (unpaired) electrons. The fraction of sp³-hybridized carbons (Fsp3) is 0.222. The number of anilines is 1. The minimum Gasteiger partial charge on any atom is -0.354 e. The average molecular weight is 349 g/mol. The molecule has 126 valence electrons. The van der Waals surface area contributed by atoms with Crippen molar-refractivity contribution >= 4 is 29.1 Å². The number of carbonyl (C=O) groups excluding carboxylic acids is 2. The summed E-state index contributed by atoms with van der Waals surface area (Å²) in [5.41, 5.74) is 1.45. The zero-order valence-corrected chi connectivity index (χ0v) is 14.0. The molecule has 0 aliphatic carbocycles. The van der Waals surface area contributed by atoms with Gasteiger partial charge in [-0.15, -0.1) is 0 Å². The zero-order valence-electron chi connectivity index (χ0n) is 13.3. The van der Waals surface area contributed by atoms with E-state index in [0.29, 0.717) is 23.8 Å². The van der Waals surface area contributed by atoms with E-state index in [2.05, 4.69) is 5.32 Å². The standard InChI is InChI=1S/C18H18ClFN2O2/c1-13(23)22(17-8-6-16(20)7-9-17)11-10-21-18(24)12-14-2-4-15(19)5-3-14/h2-9H,10-12H2,1H3,(H,21,24). The number of rotatable bonds is 6. The highest BCUT2D eigenvalue weighted by molar-refractivity contribution is 6.30. The maximum absolute atomic E-state index is 13.0. The van der Waals surface area contributed by atoms with Crippen molar-refractivity contribution in [3.8, 4) is 0 Å². The molecular formula is C18H18ClFN2O2. The number of halogens is 2. The summed E-state index contributed by atoms with van der Waals surface area (Å²) in [6.45, 7) is 2.05. The van der Waals surface area contributed by atoms with Gasteiger partial charge in [-0.3, -0.25) is 9.59 Å². The summed E-state index contributed by atoms with van der Waals surface area (Å²) in [7, 11) is 0. The van der Waals surface area contributed by atoms with Crippen molar-refractivity contribution in [1.82, 2.24) is 5.32 Å². The van der Waals surface area contributed by atoms with E-state index in [1.54, 1.807) is 24.3 Å². The molecule has 0 saturated carbocycles. The van der Waals surface area contributed by atoms with Crippen LogP contribution in [0.15, 0.2) is 48.5 Å². The number of amides is 2. The van der Waals surface area contributed by atoms with Crippen molar-refractivity contribution in [3.05, 3.63) is 64.9 Å². The van der Waals surface area contributed by atoms with E-state index in [9.17, 15) is 14.0 Å². The first kappa shape index (κ1) is 17.9. The van der Waals surface area contributed by atoms with Gasteiger partial charge in [0.2, 0.25) is 11.8 Å². The summed E-state index contributed by atoms with van der Waals surface area (Å²) >= 11 is 5.80. The van der Waals surface area contributed by atoms with Gasteiger partial charge in [-0.1, -0.05) is 23.7 Å². The van der Waals surface area contributed by atoms with Crippen LogP contribution in [0, 0.1) is 5.82 Å². The number of carbonyl (C=O) groups is 2. The van der Waals surface area contributed by atoms with E-state index in [0.717, 1.165) is 5.56 Å². The minimum atomic E-state index is -0.362. The van der Waals surface area contributed by atoms with Gasteiger partial charge < -0.3 is 10.2 Å². The quantitative estimate of drug-likeness (QED) is 0.871. The lowest BCUT2D eigenvalue weighted by atomic mass is 10.1. The summed E-state index contributed by atoms with van der Waals surface area (Å²) in [5, 5.41) is 3.39. The molecule has 0 heterocycles. The second kappa shape index (κ2) is 8.45. The van der Waals surface area contributed by atoms with Crippen LogP contribution in [0.25, 0.3) is 0 Å². The topological polar surface area (TPSA) is 49.4 Å². The molecule has 6 heteroatoms. The van der Waals surface area contributed by atoms with Gasteiger partial charge in [0.05, 0.1) is 6.42 Å². The van der Waals surface area contributed by atoms with Crippen molar-refractivity contribution in [2.45, 2.75) is 13.3 Å². The number of hydrogen-bond donors (Lipinski definition) is 1. The molecule has 0 fully saturated rings. The van der Waals surface area contributed by atoms with Gasteiger partial charge in [0.15, 0.2) is 0 Å². The Morgan fingerprint density at radius 3 is 2.29 bits per heavy atom. The van der Waals surface area contributed by atoms with Crippen LogP contribution < -0.4 is 10.2 Å². The number of hydrogen-bond acceptors (Lipinski definition) is 2. The maximum atomic E-state index is 13.0. The molecule has 1 N–H and O–H groups in total. The molecule has 0 aliphatic heterocycles. The fourth-order valence-corrected chi connectivity index (χ4v) is 2.37. The second-order valence-electron chi connectivity index (χ2n) is 5.30. The SMILES string of the molecule is CC(=O)N(CCNC(=O)Cc1ccc(Cl)cc1)c1ccc(F)cc1. The highest BCUT2D eigenvalue weighted by Crippen LogP contribution is 2.14. The molecule has 24 heavy (non-hydrogen) atoms. The minimum absolute atomic E-state index is 0.139. The highest BCUT2D eigenvalue weighted by Gasteiger charge is 2.12. The molecule has 2 amide bonds. The molecule has 2 rings (SSSR count). The molecule has 0 atom stereocenters. The van der Waals surface area contributed by atoms with Crippen molar-refractivity contribution in [1.29, 1.82) is 0 Å². The predicted octanol–water partition coefficient (Wildman–Crippen LogP) is 3.19. The Labute approximate surface area is 145 Å². The Balaban J connectivity index is 1.86. The van der Waals surface area contributed by atoms with Gasteiger partial charge in [0, 0.05) is 30.7 Å². The first-order valence-electron chi connectivity index (χ1n) is 7.50. The molecule has 0 saturated heterocycles. The Hall–Kier alpha value is -2.40. The third-order valence-corrected chi connectivity index (χ3v) is 3.71. The zero-order chi connectivity index (χ0) is 17.5. The van der Waals surface area contributed by atoms with Crippen LogP contribution in [0.4, 0.5) is 10.1 Å². The maximum Gasteiger partial charge on any atom is 0.224 e. The van der Waals surface area contributed by atoms with Gasteiger partial charge in [-0.05, 0) is 42.0 Å². The largest absolute Gasteiger partial charge is 0.354 e. The Bertz CT molecular complexity index is 702. The van der Waals surface area contributed by atoms with E-state index in [1.807, 2.05) is 0 Å². The van der Waals surface area contributed by atoms with Crippen LogP contribution >= 0.6 is 11.6 Å². The molecular weight excluding hydrogens is 331 g/mol. The van der Waals surface area contributed by atoms with Gasteiger partial charge in [-0.25, -0.2) is 4.39 Å². The van der Waals surface area contributed by atoms with Crippen molar-refractivity contribution in [2.75, 3.05) is 18.0 Å². The van der Waals surface area contributed by atoms with E-state index < -0.39 is 0 Å². The fourth-order valence-electron chi connectivity index (χ4n) is 2.25. The number of nitrogens with one attached hydrogen (secondary N) is 1. The van der Waals surface area contributed by atoms with Gasteiger partial charge in [0.1, 0.15) is 5.82 Å². The first-order valence-corrected chi connectivity index (χ1v) is 7.88. The van der Waals surface area contributed by atoms with E-state index >= 15 is 0 Å². The molecule has 0 aliphatic rings. The third kappa shape index (κ3) is 5.35. The van der Waals surface area contributed by atoms with Crippen LogP contribution in [0.3, 0.4) is 0 Å². The van der Waals surface area contributed by atoms with Crippen molar-refractivity contribution in [2.24, 2.45) is 0 Å². The lowest BCUT2D eigenvalue weighted by molar-refractivity contribution is -0.121. The summed E-state index contributed by atoms with van der Waals surface area (Å²) < 4.78 is 13.0. The average Bonchev–Trinajstić information content (AvgIpc) is 2.54. The summed E-state index contributed by atoms with van der Waals surface area (Å²) in [4.78, 5) is 25.2. The molecule has 0 aromatic heterocycles. The number of nitrogens with zero attached hydrogens (tertiary/aromatic N) is 1. The van der Waals surface area contributed by atoms with Crippen LogP contribution in [-0.4, -0.2) is 24.9 Å². The smallest absolute Gasteiger partial charge is 0.224 e. The van der Waals surface area contributed by atoms with Crippen molar-refractivity contribution < 1.29 is 14.0 Å². The van der Waals surface area contributed by atoms with E-state index in [1.165, 1.54) is 36.1 Å². The third-order valence-electron chi connectivity index (χ3n) is 3.45. The van der Waals surface area contributed by atoms with Crippen LogP contribution in [0.2, 0.25) is 5.02 Å². The predicted molar refractivity (Wildman–Crippen MR) is 92.6 cm³/mol. The van der Waals surface area contributed by atoms with Crippen LogP contribution in [-0.2, 0) is 16.0 Å². The summed E-state index contributed by atoms with van der Waals surface area (Å²) in [5.74, 6) is -0.674. The molecule has 0 bridgehead atoms. The summed E-state index contributed by atoms with van der Waals surface area (Å²) in [6.07, 6.45) is 0.244.